The molecule has 0 fully saturated rings. The van der Waals surface area contributed by atoms with Crippen LogP contribution in [-0.4, -0.2) is 18.2 Å². The molecule has 0 spiro atoms. The Bertz CT molecular complexity index is 1010. The topological polar surface area (TPSA) is 77.1 Å². The van der Waals surface area contributed by atoms with Crippen LogP contribution in [0.5, 0.6) is 0 Å². The number of alkyl halides is 3. The summed E-state index contributed by atoms with van der Waals surface area (Å²) in [5.41, 5.74) is 0.611. The molecule has 3 rings (SSSR count). The normalized spacial score (nSPS) is 12.4. The maximum Gasteiger partial charge on any atom is 0.416 e. The number of hydrogen-bond donors (Lipinski definition) is 1. The van der Waals surface area contributed by atoms with Gasteiger partial charge >= 0.3 is 6.18 Å². The zero-order chi connectivity index (χ0) is 19.7. The van der Waals surface area contributed by atoms with Crippen LogP contribution in [0, 0.1) is 0 Å². The van der Waals surface area contributed by atoms with Crippen molar-refractivity contribution in [1.82, 2.24) is 14.5 Å². The van der Waals surface area contributed by atoms with Gasteiger partial charge in [-0.15, -0.1) is 0 Å². The number of rotatable bonds is 6. The van der Waals surface area contributed by atoms with Crippen LogP contribution in [0.15, 0.2) is 53.1 Å². The fourth-order valence-corrected chi connectivity index (χ4v) is 3.61. The number of furan rings is 1. The average Bonchev–Trinajstić information content (AvgIpc) is 3.21. The Labute approximate surface area is 153 Å². The lowest BCUT2D eigenvalue weighted by molar-refractivity contribution is -0.137. The van der Waals surface area contributed by atoms with E-state index in [4.69, 9.17) is 4.42 Å². The number of benzene rings is 1. The second-order valence-electron chi connectivity index (χ2n) is 5.90. The summed E-state index contributed by atoms with van der Waals surface area (Å²) >= 11 is 0. The number of aromatic nitrogens is 2. The summed E-state index contributed by atoms with van der Waals surface area (Å²) in [5.74, 6) is 0.173. The number of nitrogens with zero attached hydrogens (tertiary/aromatic N) is 2. The van der Waals surface area contributed by atoms with E-state index in [0.717, 1.165) is 24.3 Å². The zero-order valence-electron chi connectivity index (χ0n) is 14.2. The van der Waals surface area contributed by atoms with Crippen LogP contribution in [0.3, 0.4) is 0 Å². The molecule has 6 nitrogen and oxygen atoms in total. The maximum atomic E-state index is 12.6. The Kier molecular flexibility index (Phi) is 5.11. The molecule has 0 atom stereocenters. The molecule has 0 amide bonds. The van der Waals surface area contributed by atoms with Crippen molar-refractivity contribution in [3.8, 4) is 11.5 Å². The first-order chi connectivity index (χ1) is 12.6. The third-order valence-electron chi connectivity index (χ3n) is 3.82. The molecule has 10 heteroatoms. The third kappa shape index (κ3) is 4.77. The molecule has 3 aromatic rings. The molecule has 0 unspecified atom stereocenters. The number of aryl methyl sites for hydroxylation is 1. The van der Waals surface area contributed by atoms with E-state index in [1.165, 1.54) is 6.26 Å². The van der Waals surface area contributed by atoms with Crippen molar-refractivity contribution in [1.29, 1.82) is 0 Å². The molecule has 0 saturated heterocycles. The van der Waals surface area contributed by atoms with Crippen molar-refractivity contribution >= 4 is 10.0 Å². The minimum absolute atomic E-state index is 0.0441. The average molecular weight is 399 g/mol. The lowest BCUT2D eigenvalue weighted by Gasteiger charge is -2.08. The monoisotopic (exact) mass is 399 g/mol. The molecule has 0 radical (unpaired) electrons. The number of halogens is 3. The van der Waals surface area contributed by atoms with Gasteiger partial charge in [-0.05, 0) is 35.9 Å². The number of sulfonamides is 1. The highest BCUT2D eigenvalue weighted by atomic mass is 32.2. The molecule has 2 aromatic heterocycles. The number of hydrogen-bond acceptors (Lipinski definition) is 4. The van der Waals surface area contributed by atoms with E-state index in [2.05, 4.69) is 9.82 Å². The van der Waals surface area contributed by atoms with Gasteiger partial charge in [-0.2, -0.15) is 18.3 Å². The van der Waals surface area contributed by atoms with Crippen LogP contribution in [0.1, 0.15) is 16.8 Å². The predicted octanol–water partition coefficient (Wildman–Crippen LogP) is 3.32. The quantitative estimate of drug-likeness (QED) is 0.690. The van der Waals surface area contributed by atoms with Crippen LogP contribution >= 0.6 is 0 Å². The first-order valence-corrected chi connectivity index (χ1v) is 9.49. The van der Waals surface area contributed by atoms with Crippen molar-refractivity contribution in [3.05, 3.63) is 65.5 Å². The highest BCUT2D eigenvalue weighted by Crippen LogP contribution is 2.29. The fraction of sp³-hybridized carbons (Fsp3) is 0.235. The summed E-state index contributed by atoms with van der Waals surface area (Å²) in [7, 11) is -2.04. The molecule has 0 aliphatic carbocycles. The molecule has 144 valence electrons. The van der Waals surface area contributed by atoms with Crippen LogP contribution < -0.4 is 4.72 Å². The minimum Gasteiger partial charge on any atom is -0.463 e. The summed E-state index contributed by atoms with van der Waals surface area (Å²) in [4.78, 5) is 0. The van der Waals surface area contributed by atoms with Crippen molar-refractivity contribution in [2.45, 2.75) is 18.5 Å². The van der Waals surface area contributed by atoms with E-state index in [-0.39, 0.29) is 12.1 Å². The Morgan fingerprint density at radius 2 is 1.89 bits per heavy atom. The molecule has 0 aliphatic rings. The van der Waals surface area contributed by atoms with E-state index in [0.29, 0.717) is 17.1 Å². The van der Waals surface area contributed by atoms with Gasteiger partial charge in [0.15, 0.2) is 5.76 Å². The van der Waals surface area contributed by atoms with Gasteiger partial charge in [0.1, 0.15) is 5.69 Å². The Balaban J connectivity index is 1.64. The molecular formula is C17H16F3N3O3S. The molecule has 2 heterocycles. The lowest BCUT2D eigenvalue weighted by atomic mass is 10.1. The van der Waals surface area contributed by atoms with Gasteiger partial charge < -0.3 is 4.42 Å². The van der Waals surface area contributed by atoms with Crippen LogP contribution in [-0.2, 0) is 35.5 Å². The third-order valence-corrected chi connectivity index (χ3v) is 5.11. The molecule has 27 heavy (non-hydrogen) atoms. The second kappa shape index (κ2) is 7.20. The fourth-order valence-electron chi connectivity index (χ4n) is 2.51. The van der Waals surface area contributed by atoms with Crippen molar-refractivity contribution in [2.75, 3.05) is 0 Å². The van der Waals surface area contributed by atoms with Gasteiger partial charge in [0.05, 0.1) is 29.8 Å². The maximum absolute atomic E-state index is 12.6. The van der Waals surface area contributed by atoms with E-state index < -0.39 is 27.5 Å². The van der Waals surface area contributed by atoms with Gasteiger partial charge in [-0.25, -0.2) is 13.1 Å². The standard InChI is InChI=1S/C17H16F3N3O3S/c1-23-15(16-3-2-8-26-16)9-14(22-23)10-21-27(24,25)11-12-4-6-13(7-5-12)17(18,19)20/h2-9,21H,10-11H2,1H3. The summed E-state index contributed by atoms with van der Waals surface area (Å²) < 4.78 is 71.3. The second-order valence-corrected chi connectivity index (χ2v) is 7.70. The smallest absolute Gasteiger partial charge is 0.416 e. The SMILES string of the molecule is Cn1nc(CNS(=O)(=O)Cc2ccc(C(F)(F)F)cc2)cc1-c1ccco1. The Morgan fingerprint density at radius 3 is 2.48 bits per heavy atom. The lowest BCUT2D eigenvalue weighted by Crippen LogP contribution is -2.25. The van der Waals surface area contributed by atoms with Gasteiger partial charge in [-0.1, -0.05) is 12.1 Å². The highest BCUT2D eigenvalue weighted by molar-refractivity contribution is 7.88. The molecule has 0 saturated carbocycles. The molecule has 0 aliphatic heterocycles. The van der Waals surface area contributed by atoms with Crippen LogP contribution in [0.2, 0.25) is 0 Å². The molecular weight excluding hydrogens is 383 g/mol. The van der Waals surface area contributed by atoms with E-state index in [1.54, 1.807) is 29.9 Å². The van der Waals surface area contributed by atoms with Crippen molar-refractivity contribution < 1.29 is 26.0 Å². The minimum atomic E-state index is -4.46. The molecule has 0 bridgehead atoms. The molecule has 1 aromatic carbocycles. The Hall–Kier alpha value is -2.59. The first-order valence-electron chi connectivity index (χ1n) is 7.84. The van der Waals surface area contributed by atoms with Crippen LogP contribution in [0.4, 0.5) is 13.2 Å². The summed E-state index contributed by atoms with van der Waals surface area (Å²) in [5, 5.41) is 4.22. The van der Waals surface area contributed by atoms with Gasteiger partial charge in [0, 0.05) is 7.05 Å². The van der Waals surface area contributed by atoms with Gasteiger partial charge in [0.25, 0.3) is 0 Å². The highest BCUT2D eigenvalue weighted by Gasteiger charge is 2.30. The van der Waals surface area contributed by atoms with E-state index >= 15 is 0 Å². The van der Waals surface area contributed by atoms with Crippen LogP contribution in [0.25, 0.3) is 11.5 Å². The van der Waals surface area contributed by atoms with E-state index in [9.17, 15) is 21.6 Å². The summed E-state index contributed by atoms with van der Waals surface area (Å²) in [6.45, 7) is -0.0441. The molecule has 1 N–H and O–H groups in total. The summed E-state index contributed by atoms with van der Waals surface area (Å²) in [6, 6.07) is 9.21. The largest absolute Gasteiger partial charge is 0.463 e. The van der Waals surface area contributed by atoms with Crippen molar-refractivity contribution in [2.24, 2.45) is 7.05 Å². The zero-order valence-corrected chi connectivity index (χ0v) is 15.0. The first kappa shape index (κ1) is 19.2. The summed E-state index contributed by atoms with van der Waals surface area (Å²) in [6.07, 6.45) is -2.94. The van der Waals surface area contributed by atoms with Gasteiger partial charge in [0.2, 0.25) is 10.0 Å². The van der Waals surface area contributed by atoms with Gasteiger partial charge in [-0.3, -0.25) is 4.68 Å². The predicted molar refractivity (Wildman–Crippen MR) is 91.8 cm³/mol. The van der Waals surface area contributed by atoms with E-state index in [1.807, 2.05) is 0 Å². The Morgan fingerprint density at radius 1 is 1.19 bits per heavy atom. The van der Waals surface area contributed by atoms with Crippen molar-refractivity contribution in [3.63, 3.8) is 0 Å². The number of nitrogens with one attached hydrogen (secondary N) is 1.